The van der Waals surface area contributed by atoms with Crippen LogP contribution in [-0.4, -0.2) is 14.7 Å². The highest BCUT2D eigenvalue weighted by Crippen LogP contribution is 2.27. The van der Waals surface area contributed by atoms with E-state index in [0.29, 0.717) is 5.52 Å². The summed E-state index contributed by atoms with van der Waals surface area (Å²) in [5.41, 5.74) is 4.14. The molecule has 26 heavy (non-hydrogen) atoms. The first-order valence-electron chi connectivity index (χ1n) is 8.40. The van der Waals surface area contributed by atoms with E-state index in [-0.39, 0.29) is 5.56 Å². The first kappa shape index (κ1) is 16.2. The average molecular weight is 345 g/mol. The fraction of sp³-hybridized carbons (Fsp3) is 0.0952. The average Bonchev–Trinajstić information content (AvgIpc) is 3.16. The normalized spacial score (nSPS) is 12.2. The first-order valence-corrected chi connectivity index (χ1v) is 8.40. The predicted octanol–water partition coefficient (Wildman–Crippen LogP) is 3.64. The first-order chi connectivity index (χ1) is 12.6. The number of benzene rings is 2. The van der Waals surface area contributed by atoms with Gasteiger partial charge in [-0.3, -0.25) is 4.79 Å². The van der Waals surface area contributed by atoms with Gasteiger partial charge in [0.2, 0.25) is 0 Å². The quantitative estimate of drug-likeness (QED) is 0.495. The van der Waals surface area contributed by atoms with E-state index in [4.69, 9.17) is 0 Å². The number of aliphatic hydroxyl groups excluding tert-OH is 1. The summed E-state index contributed by atoms with van der Waals surface area (Å²) >= 11 is 0. The zero-order valence-electron chi connectivity index (χ0n) is 14.3. The Hall–Kier alpha value is -3.31. The molecule has 4 aromatic rings. The van der Waals surface area contributed by atoms with Gasteiger partial charge in [0.05, 0.1) is 0 Å². The van der Waals surface area contributed by atoms with Gasteiger partial charge < -0.3 is 20.0 Å². The summed E-state index contributed by atoms with van der Waals surface area (Å²) in [4.78, 5) is 15.2. The highest BCUT2D eigenvalue weighted by molar-refractivity contribution is 5.94. The van der Waals surface area contributed by atoms with Crippen LogP contribution in [0.1, 0.15) is 11.8 Å². The minimum absolute atomic E-state index is 0.0483. The molecule has 2 heterocycles. The van der Waals surface area contributed by atoms with E-state index in [2.05, 4.69) is 10.3 Å². The number of hydrogen-bond donors (Lipinski definition) is 3. The van der Waals surface area contributed by atoms with Crippen LogP contribution < -0.4 is 10.9 Å². The highest BCUT2D eigenvalue weighted by atomic mass is 16.3. The molecule has 0 saturated heterocycles. The van der Waals surface area contributed by atoms with Crippen LogP contribution in [0.3, 0.4) is 0 Å². The van der Waals surface area contributed by atoms with E-state index in [1.165, 1.54) is 0 Å². The van der Waals surface area contributed by atoms with Gasteiger partial charge in [0.15, 0.2) is 6.23 Å². The lowest BCUT2D eigenvalue weighted by atomic mass is 10.0. The summed E-state index contributed by atoms with van der Waals surface area (Å²) in [5.74, 6) is 0. The summed E-state index contributed by atoms with van der Waals surface area (Å²) in [7, 11) is 1.74. The van der Waals surface area contributed by atoms with Crippen LogP contribution in [0.25, 0.3) is 22.0 Å². The number of pyridine rings is 1. The number of H-pyrrole nitrogens is 1. The number of nitrogens with one attached hydrogen (secondary N) is 2. The summed E-state index contributed by atoms with van der Waals surface area (Å²) in [6.07, 6.45) is 2.82. The van der Waals surface area contributed by atoms with Crippen molar-refractivity contribution >= 4 is 16.6 Å². The second-order valence-electron chi connectivity index (χ2n) is 6.26. The second-order valence-corrected chi connectivity index (χ2v) is 6.26. The number of para-hydroxylation sites is 1. The molecule has 1 atom stereocenters. The van der Waals surface area contributed by atoms with Crippen molar-refractivity contribution in [1.82, 2.24) is 9.55 Å². The van der Waals surface area contributed by atoms with Crippen molar-refractivity contribution in [3.63, 3.8) is 0 Å². The number of aliphatic hydroxyl groups is 1. The molecule has 0 fully saturated rings. The Balaban J connectivity index is 1.65. The fourth-order valence-corrected chi connectivity index (χ4v) is 3.12. The van der Waals surface area contributed by atoms with Crippen LogP contribution in [0.15, 0.2) is 77.9 Å². The van der Waals surface area contributed by atoms with Gasteiger partial charge in [0, 0.05) is 41.6 Å². The van der Waals surface area contributed by atoms with Gasteiger partial charge in [0.25, 0.3) is 5.56 Å². The Labute approximate surface area is 150 Å². The molecule has 1 unspecified atom stereocenters. The minimum atomic E-state index is -0.793. The van der Waals surface area contributed by atoms with E-state index < -0.39 is 6.23 Å². The number of aromatic amines is 1. The maximum absolute atomic E-state index is 12.2. The fourth-order valence-electron chi connectivity index (χ4n) is 3.12. The van der Waals surface area contributed by atoms with Crippen LogP contribution >= 0.6 is 0 Å². The number of fused-ring (bicyclic) bond motifs is 1. The molecule has 0 aliphatic heterocycles. The lowest BCUT2D eigenvalue weighted by Crippen LogP contribution is -2.16. The number of rotatable bonds is 4. The Morgan fingerprint density at radius 3 is 2.50 bits per heavy atom. The maximum atomic E-state index is 12.2. The molecular weight excluding hydrogens is 326 g/mol. The molecule has 2 aromatic heterocycles. The number of anilines is 1. The molecule has 0 aliphatic rings. The van der Waals surface area contributed by atoms with Crippen LogP contribution in [0.4, 0.5) is 5.69 Å². The third-order valence-corrected chi connectivity index (χ3v) is 4.51. The Morgan fingerprint density at radius 2 is 1.77 bits per heavy atom. The Bertz CT molecular complexity index is 1100. The molecule has 0 bridgehead atoms. The molecule has 0 radical (unpaired) electrons. The zero-order valence-corrected chi connectivity index (χ0v) is 14.3. The maximum Gasteiger partial charge on any atom is 0.274 e. The summed E-state index contributed by atoms with van der Waals surface area (Å²) in [6, 6.07) is 19.2. The molecule has 0 amide bonds. The molecule has 5 heteroatoms. The minimum Gasteiger partial charge on any atom is -0.369 e. The highest BCUT2D eigenvalue weighted by Gasteiger charge is 2.11. The van der Waals surface area contributed by atoms with Gasteiger partial charge in [-0.05, 0) is 23.8 Å². The zero-order chi connectivity index (χ0) is 18.1. The number of aromatic nitrogens is 2. The number of nitrogens with zero attached hydrogens (tertiary/aromatic N) is 1. The topological polar surface area (TPSA) is 70.0 Å². The Kier molecular flexibility index (Phi) is 4.07. The largest absolute Gasteiger partial charge is 0.369 e. The number of hydrogen-bond acceptors (Lipinski definition) is 3. The van der Waals surface area contributed by atoms with Crippen LogP contribution in [0.2, 0.25) is 0 Å². The molecule has 0 aliphatic carbocycles. The van der Waals surface area contributed by atoms with Gasteiger partial charge in [-0.25, -0.2) is 0 Å². The van der Waals surface area contributed by atoms with Crippen molar-refractivity contribution < 1.29 is 5.11 Å². The molecule has 3 N–H and O–H groups in total. The number of aryl methyl sites for hydroxylation is 1. The van der Waals surface area contributed by atoms with Crippen molar-refractivity contribution in [2.75, 3.05) is 5.32 Å². The summed E-state index contributed by atoms with van der Waals surface area (Å²) < 4.78 is 1.58. The third kappa shape index (κ3) is 2.89. The molecular formula is C21H19N3O2. The standard InChI is InChI=1S/C21H19N3O2/c1-24-13-18(17-11-12-22-19(17)21(24)26)14-7-9-15(10-8-14)20(25)23-16-5-3-2-4-6-16/h2-13,20,22-23,25H,1H3. The van der Waals surface area contributed by atoms with Crippen molar-refractivity contribution in [3.05, 3.63) is 89.0 Å². The predicted molar refractivity (Wildman–Crippen MR) is 104 cm³/mol. The van der Waals surface area contributed by atoms with Crippen molar-refractivity contribution in [2.24, 2.45) is 7.05 Å². The van der Waals surface area contributed by atoms with E-state index in [1.54, 1.807) is 17.8 Å². The van der Waals surface area contributed by atoms with Gasteiger partial charge in [0.1, 0.15) is 5.52 Å². The lowest BCUT2D eigenvalue weighted by molar-refractivity contribution is 0.208. The Morgan fingerprint density at radius 1 is 1.04 bits per heavy atom. The SMILES string of the molecule is Cn1cc(-c2ccc(C(O)Nc3ccccc3)cc2)c2cc[nH]c2c1=O. The van der Waals surface area contributed by atoms with Crippen molar-refractivity contribution in [2.45, 2.75) is 6.23 Å². The lowest BCUT2D eigenvalue weighted by Gasteiger charge is -2.15. The van der Waals surface area contributed by atoms with E-state index >= 15 is 0 Å². The third-order valence-electron chi connectivity index (χ3n) is 4.51. The van der Waals surface area contributed by atoms with Crippen LogP contribution in [0, 0.1) is 0 Å². The summed E-state index contributed by atoms with van der Waals surface area (Å²) in [6.45, 7) is 0. The van der Waals surface area contributed by atoms with Crippen molar-refractivity contribution in [3.8, 4) is 11.1 Å². The van der Waals surface area contributed by atoms with E-state index in [9.17, 15) is 9.90 Å². The summed E-state index contributed by atoms with van der Waals surface area (Å²) in [5, 5.41) is 14.4. The van der Waals surface area contributed by atoms with Gasteiger partial charge in [-0.1, -0.05) is 42.5 Å². The van der Waals surface area contributed by atoms with Crippen LogP contribution in [-0.2, 0) is 7.05 Å². The van der Waals surface area contributed by atoms with Gasteiger partial charge >= 0.3 is 0 Å². The van der Waals surface area contributed by atoms with E-state index in [1.807, 2.05) is 66.9 Å². The molecule has 0 saturated carbocycles. The molecule has 0 spiro atoms. The van der Waals surface area contributed by atoms with Crippen LogP contribution in [0.5, 0.6) is 0 Å². The monoisotopic (exact) mass is 345 g/mol. The van der Waals surface area contributed by atoms with Gasteiger partial charge in [-0.15, -0.1) is 0 Å². The molecule has 4 rings (SSSR count). The van der Waals surface area contributed by atoms with Gasteiger partial charge in [-0.2, -0.15) is 0 Å². The molecule has 2 aromatic carbocycles. The molecule has 5 nitrogen and oxygen atoms in total. The smallest absolute Gasteiger partial charge is 0.274 e. The van der Waals surface area contributed by atoms with E-state index in [0.717, 1.165) is 27.8 Å². The second kappa shape index (κ2) is 6.54. The molecule has 130 valence electrons. The van der Waals surface area contributed by atoms with Crippen molar-refractivity contribution in [1.29, 1.82) is 0 Å².